The lowest BCUT2D eigenvalue weighted by atomic mass is 10.1. The van der Waals surface area contributed by atoms with Gasteiger partial charge in [0.05, 0.1) is 0 Å². The van der Waals surface area contributed by atoms with Gasteiger partial charge in [-0.25, -0.2) is 0 Å². The molecule has 0 N–H and O–H groups in total. The van der Waals surface area contributed by atoms with E-state index in [0.29, 0.717) is 5.76 Å². The predicted octanol–water partition coefficient (Wildman–Crippen LogP) is 0.693. The maximum absolute atomic E-state index is 10.2. The Balaban J connectivity index is 2.59. The SMILES string of the molecule is C=C1OC(=O)C1C. The summed E-state index contributed by atoms with van der Waals surface area (Å²) in [5.74, 6) is 0.370. The molecule has 38 valence electrons. The Labute approximate surface area is 41.8 Å². The zero-order valence-electron chi connectivity index (χ0n) is 4.10. The van der Waals surface area contributed by atoms with Crippen molar-refractivity contribution < 1.29 is 9.53 Å². The third kappa shape index (κ3) is 0.427. The normalized spacial score (nSPS) is 29.0. The third-order valence-electron chi connectivity index (χ3n) is 1.07. The Bertz CT molecular complexity index is 112. The average Bonchev–Trinajstić information content (AvgIpc) is 1.68. The fourth-order valence-electron chi connectivity index (χ4n) is 0.379. The van der Waals surface area contributed by atoms with Crippen LogP contribution in [0.1, 0.15) is 6.92 Å². The summed E-state index contributed by atoms with van der Waals surface area (Å²) in [5, 5.41) is 0. The first-order chi connectivity index (χ1) is 3.22. The minimum absolute atomic E-state index is 0.0556. The monoisotopic (exact) mass is 98.0 g/mol. The zero-order chi connectivity index (χ0) is 5.44. The van der Waals surface area contributed by atoms with Gasteiger partial charge in [-0.1, -0.05) is 6.58 Å². The second-order valence-corrected chi connectivity index (χ2v) is 1.61. The van der Waals surface area contributed by atoms with Gasteiger partial charge < -0.3 is 4.74 Å². The molecule has 7 heavy (non-hydrogen) atoms. The molecule has 1 saturated heterocycles. The molecule has 1 rings (SSSR count). The van der Waals surface area contributed by atoms with Crippen LogP contribution in [-0.4, -0.2) is 5.97 Å². The molecule has 0 saturated carbocycles. The van der Waals surface area contributed by atoms with Gasteiger partial charge in [-0.2, -0.15) is 0 Å². The van der Waals surface area contributed by atoms with Gasteiger partial charge in [0.2, 0.25) is 0 Å². The summed E-state index contributed by atoms with van der Waals surface area (Å²) < 4.78 is 4.42. The van der Waals surface area contributed by atoms with Gasteiger partial charge >= 0.3 is 5.97 Å². The van der Waals surface area contributed by atoms with Crippen molar-refractivity contribution in [2.75, 3.05) is 0 Å². The summed E-state index contributed by atoms with van der Waals surface area (Å²) in [4.78, 5) is 10.2. The molecule has 0 aliphatic carbocycles. The number of rotatable bonds is 0. The lowest BCUT2D eigenvalue weighted by Crippen LogP contribution is -2.28. The summed E-state index contributed by atoms with van der Waals surface area (Å²) in [6.07, 6.45) is 0. The molecule has 2 heteroatoms. The van der Waals surface area contributed by atoms with Crippen LogP contribution in [0.2, 0.25) is 0 Å². The van der Waals surface area contributed by atoms with Gasteiger partial charge in [0.25, 0.3) is 0 Å². The maximum Gasteiger partial charge on any atom is 0.321 e. The van der Waals surface area contributed by atoms with Crippen LogP contribution in [0.5, 0.6) is 0 Å². The standard InChI is InChI=1S/C5H6O2/c1-3-4(2)7-5(3)6/h3H,2H2,1H3. The molecule has 1 aliphatic heterocycles. The number of hydrogen-bond donors (Lipinski definition) is 0. The van der Waals surface area contributed by atoms with E-state index in [2.05, 4.69) is 11.3 Å². The number of cyclic esters (lactones) is 1. The Hall–Kier alpha value is -0.790. The second kappa shape index (κ2) is 1.09. The van der Waals surface area contributed by atoms with Gasteiger partial charge in [0.1, 0.15) is 11.7 Å². The van der Waals surface area contributed by atoms with Crippen molar-refractivity contribution in [3.8, 4) is 0 Å². The van der Waals surface area contributed by atoms with E-state index < -0.39 is 0 Å². The smallest absolute Gasteiger partial charge is 0.321 e. The Morgan fingerprint density at radius 2 is 2.43 bits per heavy atom. The van der Waals surface area contributed by atoms with Crippen molar-refractivity contribution in [3.05, 3.63) is 12.3 Å². The molecule has 1 atom stereocenters. The summed E-state index contributed by atoms with van der Waals surface area (Å²) in [7, 11) is 0. The van der Waals surface area contributed by atoms with Gasteiger partial charge in [0.15, 0.2) is 0 Å². The number of ether oxygens (including phenoxy) is 1. The van der Waals surface area contributed by atoms with Gasteiger partial charge in [0, 0.05) is 0 Å². The second-order valence-electron chi connectivity index (χ2n) is 1.61. The number of hydrogen-bond acceptors (Lipinski definition) is 2. The van der Waals surface area contributed by atoms with Crippen LogP contribution >= 0.6 is 0 Å². The molecule has 0 spiro atoms. The number of carbonyl (C=O) groups excluding carboxylic acids is 1. The predicted molar refractivity (Wildman–Crippen MR) is 24.4 cm³/mol. The fraction of sp³-hybridized carbons (Fsp3) is 0.400. The van der Waals surface area contributed by atoms with Crippen molar-refractivity contribution in [1.82, 2.24) is 0 Å². The van der Waals surface area contributed by atoms with E-state index >= 15 is 0 Å². The summed E-state index contributed by atoms with van der Waals surface area (Å²) in [5.41, 5.74) is 0. The largest absolute Gasteiger partial charge is 0.430 e. The highest BCUT2D eigenvalue weighted by molar-refractivity contribution is 5.82. The molecule has 0 aromatic heterocycles. The zero-order valence-corrected chi connectivity index (χ0v) is 4.10. The number of esters is 1. The maximum atomic E-state index is 10.2. The average molecular weight is 98.1 g/mol. The summed E-state index contributed by atoms with van der Waals surface area (Å²) in [6.45, 7) is 5.22. The highest BCUT2D eigenvalue weighted by atomic mass is 16.6. The molecule has 0 aromatic carbocycles. The molecule has 1 unspecified atom stereocenters. The lowest BCUT2D eigenvalue weighted by Gasteiger charge is -2.22. The minimum Gasteiger partial charge on any atom is -0.430 e. The fourth-order valence-corrected chi connectivity index (χ4v) is 0.379. The molecule has 2 nitrogen and oxygen atoms in total. The highest BCUT2D eigenvalue weighted by Crippen LogP contribution is 2.22. The van der Waals surface area contributed by atoms with Gasteiger partial charge in [-0.15, -0.1) is 0 Å². The van der Waals surface area contributed by atoms with E-state index in [0.717, 1.165) is 0 Å². The van der Waals surface area contributed by atoms with E-state index in [9.17, 15) is 4.79 Å². The minimum atomic E-state index is -0.162. The van der Waals surface area contributed by atoms with Crippen LogP contribution in [0.3, 0.4) is 0 Å². The molecule has 1 heterocycles. The Kier molecular flexibility index (Phi) is 0.680. The molecular formula is C5H6O2. The quantitative estimate of drug-likeness (QED) is 0.417. The van der Waals surface area contributed by atoms with E-state index in [4.69, 9.17) is 0 Å². The van der Waals surface area contributed by atoms with Crippen molar-refractivity contribution in [2.45, 2.75) is 6.92 Å². The van der Waals surface area contributed by atoms with Crippen molar-refractivity contribution in [2.24, 2.45) is 5.92 Å². The van der Waals surface area contributed by atoms with Crippen LogP contribution in [-0.2, 0) is 9.53 Å². The third-order valence-corrected chi connectivity index (χ3v) is 1.07. The van der Waals surface area contributed by atoms with Crippen molar-refractivity contribution >= 4 is 5.97 Å². The van der Waals surface area contributed by atoms with Crippen LogP contribution < -0.4 is 0 Å². The Morgan fingerprint density at radius 3 is 2.43 bits per heavy atom. The molecular weight excluding hydrogens is 92.1 g/mol. The molecule has 0 aromatic rings. The molecule has 0 radical (unpaired) electrons. The van der Waals surface area contributed by atoms with Crippen molar-refractivity contribution in [1.29, 1.82) is 0 Å². The van der Waals surface area contributed by atoms with Crippen LogP contribution in [0.25, 0.3) is 0 Å². The number of carbonyl (C=O) groups is 1. The van der Waals surface area contributed by atoms with E-state index in [1.165, 1.54) is 0 Å². The highest BCUT2D eigenvalue weighted by Gasteiger charge is 2.30. The first-order valence-electron chi connectivity index (χ1n) is 2.12. The van der Waals surface area contributed by atoms with Gasteiger partial charge in [-0.3, -0.25) is 4.79 Å². The molecule has 0 amide bonds. The van der Waals surface area contributed by atoms with Crippen LogP contribution in [0.15, 0.2) is 12.3 Å². The molecule has 1 aliphatic rings. The first-order valence-corrected chi connectivity index (χ1v) is 2.12. The van der Waals surface area contributed by atoms with Crippen LogP contribution in [0, 0.1) is 5.92 Å². The van der Waals surface area contributed by atoms with E-state index in [-0.39, 0.29) is 11.9 Å². The lowest BCUT2D eigenvalue weighted by molar-refractivity contribution is -0.155. The van der Waals surface area contributed by atoms with Crippen LogP contribution in [0.4, 0.5) is 0 Å². The van der Waals surface area contributed by atoms with Crippen molar-refractivity contribution in [3.63, 3.8) is 0 Å². The Morgan fingerprint density at radius 1 is 1.86 bits per heavy atom. The molecule has 1 fully saturated rings. The topological polar surface area (TPSA) is 26.3 Å². The summed E-state index contributed by atoms with van der Waals surface area (Å²) in [6, 6.07) is 0. The first kappa shape index (κ1) is 4.37. The van der Waals surface area contributed by atoms with Gasteiger partial charge in [-0.05, 0) is 6.92 Å². The molecule has 0 bridgehead atoms. The van der Waals surface area contributed by atoms with E-state index in [1.54, 1.807) is 6.92 Å². The summed E-state index contributed by atoms with van der Waals surface area (Å²) >= 11 is 0. The van der Waals surface area contributed by atoms with E-state index in [1.807, 2.05) is 0 Å².